The maximum atomic E-state index is 12.0. The molecular formula is C14H19NO5S. The van der Waals surface area contributed by atoms with E-state index >= 15 is 0 Å². The minimum Gasteiger partial charge on any atom is -0.382 e. The molecule has 0 saturated heterocycles. The second-order valence-electron chi connectivity index (χ2n) is 4.17. The third-order valence-corrected chi connectivity index (χ3v) is 4.34. The topological polar surface area (TPSA) is 85.6 Å². The van der Waals surface area contributed by atoms with E-state index in [-0.39, 0.29) is 17.3 Å². The molecule has 0 spiro atoms. The third-order valence-electron chi connectivity index (χ3n) is 2.64. The molecule has 0 fully saturated rings. The Morgan fingerprint density at radius 2 is 1.57 bits per heavy atom. The van der Waals surface area contributed by atoms with Gasteiger partial charge in [-0.3, -0.25) is 0 Å². The predicted molar refractivity (Wildman–Crippen MR) is 76.7 cm³/mol. The van der Waals surface area contributed by atoms with Crippen molar-refractivity contribution in [3.05, 3.63) is 29.8 Å². The van der Waals surface area contributed by atoms with Crippen LogP contribution < -0.4 is 0 Å². The molecule has 0 amide bonds. The molecule has 0 N–H and O–H groups in total. The molecule has 0 aliphatic carbocycles. The molecule has 1 rings (SSSR count). The highest BCUT2D eigenvalue weighted by Gasteiger charge is 2.13. The first kappa shape index (κ1) is 17.6. The van der Waals surface area contributed by atoms with Gasteiger partial charge in [0, 0.05) is 7.11 Å². The summed E-state index contributed by atoms with van der Waals surface area (Å²) < 4.78 is 39.2. The summed E-state index contributed by atoms with van der Waals surface area (Å²) in [5, 5.41) is 8.67. The van der Waals surface area contributed by atoms with Crippen LogP contribution in [0.15, 0.2) is 29.2 Å². The van der Waals surface area contributed by atoms with E-state index in [1.165, 1.54) is 24.3 Å². The van der Waals surface area contributed by atoms with Crippen LogP contribution in [-0.4, -0.2) is 54.3 Å². The Labute approximate surface area is 125 Å². The molecule has 0 atom stereocenters. The molecule has 7 heteroatoms. The predicted octanol–water partition coefficient (Wildman–Crippen LogP) is 1.01. The average molecular weight is 313 g/mol. The largest absolute Gasteiger partial charge is 0.382 e. The van der Waals surface area contributed by atoms with Crippen molar-refractivity contribution < 1.29 is 22.6 Å². The summed E-state index contributed by atoms with van der Waals surface area (Å²) in [4.78, 5) is 0.196. The van der Waals surface area contributed by atoms with E-state index in [9.17, 15) is 8.42 Å². The van der Waals surface area contributed by atoms with Crippen molar-refractivity contribution >= 4 is 9.84 Å². The van der Waals surface area contributed by atoms with Gasteiger partial charge in [0.2, 0.25) is 0 Å². The van der Waals surface area contributed by atoms with E-state index in [1.807, 2.05) is 6.07 Å². The Hall–Kier alpha value is -1.46. The quantitative estimate of drug-likeness (QED) is 0.599. The smallest absolute Gasteiger partial charge is 0.180 e. The lowest BCUT2D eigenvalue weighted by Crippen LogP contribution is -2.15. The maximum absolute atomic E-state index is 12.0. The molecule has 0 bridgehead atoms. The molecule has 1 aromatic rings. The number of benzene rings is 1. The van der Waals surface area contributed by atoms with Crippen LogP contribution in [0.3, 0.4) is 0 Å². The molecule has 0 heterocycles. The second kappa shape index (κ2) is 9.47. The molecule has 1 aromatic carbocycles. The molecular weight excluding hydrogens is 294 g/mol. The van der Waals surface area contributed by atoms with E-state index < -0.39 is 9.84 Å². The summed E-state index contributed by atoms with van der Waals surface area (Å²) in [6.07, 6.45) is 0. The van der Waals surface area contributed by atoms with Crippen molar-refractivity contribution in [1.82, 2.24) is 0 Å². The highest BCUT2D eigenvalue weighted by molar-refractivity contribution is 7.91. The molecule has 0 aliphatic rings. The first-order valence-electron chi connectivity index (χ1n) is 6.47. The van der Waals surface area contributed by atoms with Gasteiger partial charge >= 0.3 is 0 Å². The normalized spacial score (nSPS) is 11.2. The number of nitriles is 1. The van der Waals surface area contributed by atoms with Gasteiger partial charge in [0.25, 0.3) is 0 Å². The van der Waals surface area contributed by atoms with Gasteiger partial charge in [0.1, 0.15) is 0 Å². The molecule has 0 radical (unpaired) electrons. The van der Waals surface area contributed by atoms with Crippen LogP contribution >= 0.6 is 0 Å². The van der Waals surface area contributed by atoms with Crippen LogP contribution in [0.5, 0.6) is 0 Å². The van der Waals surface area contributed by atoms with Crippen molar-refractivity contribution in [3.63, 3.8) is 0 Å². The van der Waals surface area contributed by atoms with E-state index in [0.29, 0.717) is 32.0 Å². The number of nitrogens with zero attached hydrogens (tertiary/aromatic N) is 1. The maximum Gasteiger partial charge on any atom is 0.180 e. The van der Waals surface area contributed by atoms with Crippen molar-refractivity contribution in [3.8, 4) is 6.07 Å². The van der Waals surface area contributed by atoms with E-state index in [2.05, 4.69) is 0 Å². The number of methoxy groups -OCH3 is 1. The zero-order valence-corrected chi connectivity index (χ0v) is 12.8. The third kappa shape index (κ3) is 6.69. The number of rotatable bonds is 10. The highest BCUT2D eigenvalue weighted by Crippen LogP contribution is 2.12. The standard InChI is InChI=1S/C14H19NO5S/c1-18-6-7-19-8-9-20-10-11-21(16,17)14-4-2-13(12-15)3-5-14/h2-5H,6-11H2,1H3. The molecule has 0 aliphatic heterocycles. The lowest BCUT2D eigenvalue weighted by Gasteiger charge is -2.07. The minimum atomic E-state index is -3.38. The van der Waals surface area contributed by atoms with Crippen LogP contribution in [0.25, 0.3) is 0 Å². The molecule has 21 heavy (non-hydrogen) atoms. The van der Waals surface area contributed by atoms with Gasteiger partial charge in [0.15, 0.2) is 9.84 Å². The van der Waals surface area contributed by atoms with Gasteiger partial charge < -0.3 is 14.2 Å². The summed E-state index contributed by atoms with van der Waals surface area (Å²) in [5.41, 5.74) is 0.429. The highest BCUT2D eigenvalue weighted by atomic mass is 32.2. The van der Waals surface area contributed by atoms with Gasteiger partial charge in [-0.05, 0) is 24.3 Å². The molecule has 0 saturated carbocycles. The molecule has 0 unspecified atom stereocenters. The second-order valence-corrected chi connectivity index (χ2v) is 6.28. The first-order chi connectivity index (χ1) is 10.1. The monoisotopic (exact) mass is 313 g/mol. The fraction of sp³-hybridized carbons (Fsp3) is 0.500. The van der Waals surface area contributed by atoms with Crippen molar-refractivity contribution in [2.45, 2.75) is 4.90 Å². The van der Waals surface area contributed by atoms with Crippen molar-refractivity contribution in [1.29, 1.82) is 5.26 Å². The van der Waals surface area contributed by atoms with Crippen LogP contribution in [0, 0.1) is 11.3 Å². The lowest BCUT2D eigenvalue weighted by molar-refractivity contribution is 0.0284. The van der Waals surface area contributed by atoms with Crippen LogP contribution in [0.2, 0.25) is 0 Å². The van der Waals surface area contributed by atoms with Crippen LogP contribution in [-0.2, 0) is 24.0 Å². The zero-order chi connectivity index (χ0) is 15.6. The Balaban J connectivity index is 2.28. The van der Waals surface area contributed by atoms with Crippen LogP contribution in [0.1, 0.15) is 5.56 Å². The zero-order valence-electron chi connectivity index (χ0n) is 11.9. The lowest BCUT2D eigenvalue weighted by atomic mass is 10.2. The van der Waals surface area contributed by atoms with Gasteiger partial charge in [-0.15, -0.1) is 0 Å². The summed E-state index contributed by atoms with van der Waals surface area (Å²) >= 11 is 0. The molecule has 6 nitrogen and oxygen atoms in total. The van der Waals surface area contributed by atoms with Gasteiger partial charge in [-0.1, -0.05) is 0 Å². The Kier molecular flexibility index (Phi) is 7.93. The molecule has 0 aromatic heterocycles. The van der Waals surface area contributed by atoms with Crippen LogP contribution in [0.4, 0.5) is 0 Å². The SMILES string of the molecule is COCCOCCOCCS(=O)(=O)c1ccc(C#N)cc1. The van der Waals surface area contributed by atoms with Crippen molar-refractivity contribution in [2.75, 3.05) is 45.9 Å². The average Bonchev–Trinajstić information content (AvgIpc) is 2.50. The Bertz CT molecular complexity index is 548. The molecule has 116 valence electrons. The van der Waals surface area contributed by atoms with Gasteiger partial charge in [-0.2, -0.15) is 5.26 Å². The Morgan fingerprint density at radius 1 is 1.00 bits per heavy atom. The fourth-order valence-corrected chi connectivity index (χ4v) is 2.61. The fourth-order valence-electron chi connectivity index (χ4n) is 1.49. The van der Waals surface area contributed by atoms with E-state index in [0.717, 1.165) is 0 Å². The summed E-state index contributed by atoms with van der Waals surface area (Å²) in [6, 6.07) is 7.78. The summed E-state index contributed by atoms with van der Waals surface area (Å²) in [7, 11) is -1.79. The van der Waals surface area contributed by atoms with Crippen molar-refractivity contribution in [2.24, 2.45) is 0 Å². The van der Waals surface area contributed by atoms with Gasteiger partial charge in [-0.25, -0.2) is 8.42 Å². The minimum absolute atomic E-state index is 0.100. The van der Waals surface area contributed by atoms with Gasteiger partial charge in [0.05, 0.1) is 55.3 Å². The summed E-state index contributed by atoms with van der Waals surface area (Å²) in [6.45, 7) is 1.86. The van der Waals surface area contributed by atoms with E-state index in [1.54, 1.807) is 7.11 Å². The number of sulfone groups is 1. The van der Waals surface area contributed by atoms with E-state index in [4.69, 9.17) is 19.5 Å². The number of hydrogen-bond acceptors (Lipinski definition) is 6. The Morgan fingerprint density at radius 3 is 2.14 bits per heavy atom. The number of ether oxygens (including phenoxy) is 3. The number of hydrogen-bond donors (Lipinski definition) is 0. The first-order valence-corrected chi connectivity index (χ1v) is 8.12. The summed E-state index contributed by atoms with van der Waals surface area (Å²) in [5.74, 6) is -0.100.